The van der Waals surface area contributed by atoms with Crippen molar-refractivity contribution in [1.29, 1.82) is 0 Å². The van der Waals surface area contributed by atoms with Gasteiger partial charge in [0, 0.05) is 12.5 Å². The van der Waals surface area contributed by atoms with E-state index < -0.39 is 29.6 Å². The summed E-state index contributed by atoms with van der Waals surface area (Å²) in [5.41, 5.74) is 0.813. The Labute approximate surface area is 138 Å². The number of aryl methyl sites for hydroxylation is 1. The first-order chi connectivity index (χ1) is 11.5. The Bertz CT molecular complexity index is 719. The molecule has 0 heterocycles. The zero-order valence-corrected chi connectivity index (χ0v) is 13.1. The number of amides is 1. The molecule has 0 aromatic heterocycles. The first kappa shape index (κ1) is 17.6. The van der Waals surface area contributed by atoms with Crippen LogP contribution in [0.1, 0.15) is 18.9 Å². The molecule has 1 amide bonds. The minimum absolute atomic E-state index is 0.131. The minimum Gasteiger partial charge on any atom is -0.453 e. The van der Waals surface area contributed by atoms with Crippen LogP contribution in [-0.4, -0.2) is 18.0 Å². The topological polar surface area (TPSA) is 55.4 Å². The minimum atomic E-state index is -1.09. The van der Waals surface area contributed by atoms with Crippen LogP contribution in [-0.2, 0) is 20.7 Å². The fraction of sp³-hybridized carbons (Fsp3) is 0.222. The number of halogens is 2. The second-order valence-corrected chi connectivity index (χ2v) is 5.23. The number of hydrogen-bond acceptors (Lipinski definition) is 3. The van der Waals surface area contributed by atoms with Gasteiger partial charge in [-0.25, -0.2) is 8.78 Å². The Morgan fingerprint density at radius 2 is 1.83 bits per heavy atom. The number of carbonyl (C=O) groups excluding carboxylic acids is 2. The van der Waals surface area contributed by atoms with Crippen molar-refractivity contribution >= 4 is 17.6 Å². The fourth-order valence-electron chi connectivity index (χ4n) is 2.03. The van der Waals surface area contributed by atoms with E-state index in [0.29, 0.717) is 12.5 Å². The highest BCUT2D eigenvalue weighted by molar-refractivity contribution is 5.95. The second kappa shape index (κ2) is 8.19. The maximum Gasteiger partial charge on any atom is 0.306 e. The normalized spacial score (nSPS) is 11.6. The molecule has 0 saturated carbocycles. The number of anilines is 1. The summed E-state index contributed by atoms with van der Waals surface area (Å²) in [5, 5.41) is 2.26. The molecule has 6 heteroatoms. The summed E-state index contributed by atoms with van der Waals surface area (Å²) in [5.74, 6) is -2.86. The van der Waals surface area contributed by atoms with Crippen molar-refractivity contribution in [2.24, 2.45) is 0 Å². The van der Waals surface area contributed by atoms with E-state index in [1.54, 1.807) is 0 Å². The largest absolute Gasteiger partial charge is 0.453 e. The number of esters is 1. The lowest BCUT2D eigenvalue weighted by Gasteiger charge is -2.14. The SMILES string of the molecule is CC(OC(=O)CCc1ccccc1)C(=O)Nc1ccc(F)cc1F. The van der Waals surface area contributed by atoms with Crippen molar-refractivity contribution in [2.45, 2.75) is 25.9 Å². The molecular weight excluding hydrogens is 316 g/mol. The third-order valence-corrected chi connectivity index (χ3v) is 3.33. The van der Waals surface area contributed by atoms with E-state index in [-0.39, 0.29) is 12.1 Å². The maximum atomic E-state index is 13.5. The molecule has 0 bridgehead atoms. The van der Waals surface area contributed by atoms with Crippen LogP contribution in [0.5, 0.6) is 0 Å². The van der Waals surface area contributed by atoms with Gasteiger partial charge in [-0.1, -0.05) is 30.3 Å². The average Bonchev–Trinajstić information content (AvgIpc) is 2.56. The smallest absolute Gasteiger partial charge is 0.306 e. The van der Waals surface area contributed by atoms with Gasteiger partial charge in [-0.15, -0.1) is 0 Å². The molecule has 2 rings (SSSR count). The van der Waals surface area contributed by atoms with Crippen molar-refractivity contribution in [3.8, 4) is 0 Å². The molecule has 4 nitrogen and oxygen atoms in total. The van der Waals surface area contributed by atoms with E-state index in [1.165, 1.54) is 6.92 Å². The number of hydrogen-bond donors (Lipinski definition) is 1. The predicted octanol–water partition coefficient (Wildman–Crippen LogP) is 3.47. The molecule has 24 heavy (non-hydrogen) atoms. The Hall–Kier alpha value is -2.76. The van der Waals surface area contributed by atoms with Crippen LogP contribution in [0.2, 0.25) is 0 Å². The fourth-order valence-corrected chi connectivity index (χ4v) is 2.03. The van der Waals surface area contributed by atoms with E-state index >= 15 is 0 Å². The molecule has 2 aromatic rings. The molecule has 0 fully saturated rings. The van der Waals surface area contributed by atoms with Crippen LogP contribution in [0, 0.1) is 11.6 Å². The lowest BCUT2D eigenvalue weighted by molar-refractivity contribution is -0.153. The van der Waals surface area contributed by atoms with Crippen molar-refractivity contribution in [3.63, 3.8) is 0 Å². The summed E-state index contributed by atoms with van der Waals surface area (Å²) < 4.78 is 31.3. The number of benzene rings is 2. The standard InChI is InChI=1S/C18H17F2NO3/c1-12(18(23)21-16-9-8-14(19)11-15(16)20)24-17(22)10-7-13-5-3-2-4-6-13/h2-6,8-9,11-12H,7,10H2,1H3,(H,21,23). The molecule has 0 radical (unpaired) electrons. The van der Waals surface area contributed by atoms with Gasteiger partial charge in [0.2, 0.25) is 0 Å². The molecule has 0 spiro atoms. The summed E-state index contributed by atoms with van der Waals surface area (Å²) in [6.45, 7) is 1.39. The van der Waals surface area contributed by atoms with E-state index in [1.807, 2.05) is 30.3 Å². The Morgan fingerprint density at radius 1 is 1.12 bits per heavy atom. The molecule has 0 aliphatic carbocycles. The van der Waals surface area contributed by atoms with Crippen molar-refractivity contribution in [1.82, 2.24) is 0 Å². The van der Waals surface area contributed by atoms with E-state index in [0.717, 1.165) is 17.7 Å². The quantitative estimate of drug-likeness (QED) is 0.824. The molecule has 1 N–H and O–H groups in total. The molecule has 1 unspecified atom stereocenters. The van der Waals surface area contributed by atoms with Gasteiger partial charge in [0.1, 0.15) is 11.6 Å². The Morgan fingerprint density at radius 3 is 2.50 bits per heavy atom. The van der Waals surface area contributed by atoms with Crippen LogP contribution in [0.3, 0.4) is 0 Å². The summed E-state index contributed by atoms with van der Waals surface area (Å²) in [6.07, 6.45) is -0.453. The molecule has 0 aliphatic heterocycles. The highest BCUT2D eigenvalue weighted by atomic mass is 19.1. The Balaban J connectivity index is 1.83. The average molecular weight is 333 g/mol. The summed E-state index contributed by atoms with van der Waals surface area (Å²) in [6, 6.07) is 12.2. The summed E-state index contributed by atoms with van der Waals surface area (Å²) in [7, 11) is 0. The number of carbonyl (C=O) groups is 2. The van der Waals surface area contributed by atoms with Gasteiger partial charge in [0.15, 0.2) is 6.10 Å². The van der Waals surface area contributed by atoms with Crippen LogP contribution in [0.25, 0.3) is 0 Å². The van der Waals surface area contributed by atoms with Crippen molar-refractivity contribution in [3.05, 3.63) is 65.7 Å². The van der Waals surface area contributed by atoms with Crippen LogP contribution >= 0.6 is 0 Å². The van der Waals surface area contributed by atoms with Crippen molar-refractivity contribution in [2.75, 3.05) is 5.32 Å². The molecule has 126 valence electrons. The van der Waals surface area contributed by atoms with Gasteiger partial charge in [-0.05, 0) is 31.0 Å². The zero-order valence-electron chi connectivity index (χ0n) is 13.1. The predicted molar refractivity (Wildman–Crippen MR) is 85.3 cm³/mol. The third-order valence-electron chi connectivity index (χ3n) is 3.33. The highest BCUT2D eigenvalue weighted by Crippen LogP contribution is 2.15. The van der Waals surface area contributed by atoms with Gasteiger partial charge in [-0.2, -0.15) is 0 Å². The van der Waals surface area contributed by atoms with Gasteiger partial charge in [0.25, 0.3) is 5.91 Å². The number of ether oxygens (including phenoxy) is 1. The van der Waals surface area contributed by atoms with Crippen LogP contribution in [0.15, 0.2) is 48.5 Å². The van der Waals surface area contributed by atoms with Gasteiger partial charge in [-0.3, -0.25) is 9.59 Å². The van der Waals surface area contributed by atoms with E-state index in [2.05, 4.69) is 5.32 Å². The molecular formula is C18H17F2NO3. The van der Waals surface area contributed by atoms with Crippen molar-refractivity contribution < 1.29 is 23.1 Å². The third kappa shape index (κ3) is 5.15. The molecule has 2 aromatic carbocycles. The first-order valence-electron chi connectivity index (χ1n) is 7.45. The van der Waals surface area contributed by atoms with Gasteiger partial charge in [0.05, 0.1) is 5.69 Å². The monoisotopic (exact) mass is 333 g/mol. The summed E-state index contributed by atoms with van der Waals surface area (Å²) in [4.78, 5) is 23.7. The second-order valence-electron chi connectivity index (χ2n) is 5.23. The summed E-state index contributed by atoms with van der Waals surface area (Å²) >= 11 is 0. The van der Waals surface area contributed by atoms with Crippen LogP contribution in [0.4, 0.5) is 14.5 Å². The van der Waals surface area contributed by atoms with E-state index in [4.69, 9.17) is 4.74 Å². The van der Waals surface area contributed by atoms with Gasteiger partial charge >= 0.3 is 5.97 Å². The lowest BCUT2D eigenvalue weighted by Crippen LogP contribution is -2.30. The Kier molecular flexibility index (Phi) is 6.01. The van der Waals surface area contributed by atoms with E-state index in [9.17, 15) is 18.4 Å². The number of rotatable bonds is 6. The maximum absolute atomic E-state index is 13.5. The first-order valence-corrected chi connectivity index (χ1v) is 7.45. The number of nitrogens with one attached hydrogen (secondary N) is 1. The molecule has 0 saturated heterocycles. The molecule has 0 aliphatic rings. The molecule has 1 atom stereocenters. The lowest BCUT2D eigenvalue weighted by atomic mass is 10.1. The highest BCUT2D eigenvalue weighted by Gasteiger charge is 2.19. The van der Waals surface area contributed by atoms with Gasteiger partial charge < -0.3 is 10.1 Å². The van der Waals surface area contributed by atoms with Crippen LogP contribution < -0.4 is 5.32 Å². The zero-order chi connectivity index (χ0) is 17.5.